The van der Waals surface area contributed by atoms with E-state index >= 15 is 0 Å². The third kappa shape index (κ3) is 6.03. The Bertz CT molecular complexity index is 471. The van der Waals surface area contributed by atoms with Crippen LogP contribution in [0.5, 0.6) is 5.75 Å². The van der Waals surface area contributed by atoms with Crippen molar-refractivity contribution in [2.24, 2.45) is 0 Å². The zero-order valence-electron chi connectivity index (χ0n) is 12.8. The van der Waals surface area contributed by atoms with Gasteiger partial charge in [0.25, 0.3) is 0 Å². The summed E-state index contributed by atoms with van der Waals surface area (Å²) in [4.78, 5) is 11.9. The van der Waals surface area contributed by atoms with Crippen molar-refractivity contribution in [2.45, 2.75) is 44.7 Å². The van der Waals surface area contributed by atoms with Crippen LogP contribution in [-0.2, 0) is 4.79 Å². The predicted octanol–water partition coefficient (Wildman–Crippen LogP) is 3.18. The van der Waals surface area contributed by atoms with E-state index in [4.69, 9.17) is 16.3 Å². The smallest absolute Gasteiger partial charge is 0.220 e. The number of para-hydroxylation sites is 1. The highest BCUT2D eigenvalue weighted by atomic mass is 35.5. The van der Waals surface area contributed by atoms with Crippen molar-refractivity contribution >= 4 is 29.9 Å². The SMILES string of the molecule is CC1NCCCC1NC(=O)CCCOc1ccccc1Cl.Cl. The summed E-state index contributed by atoms with van der Waals surface area (Å²) < 4.78 is 5.57. The van der Waals surface area contributed by atoms with Gasteiger partial charge >= 0.3 is 0 Å². The Hall–Kier alpha value is -0.970. The van der Waals surface area contributed by atoms with Gasteiger partial charge < -0.3 is 15.4 Å². The average Bonchev–Trinajstić information content (AvgIpc) is 2.48. The van der Waals surface area contributed by atoms with Crippen LogP contribution >= 0.6 is 24.0 Å². The van der Waals surface area contributed by atoms with Crippen LogP contribution in [0.25, 0.3) is 0 Å². The molecule has 1 aromatic carbocycles. The number of hydrogen-bond acceptors (Lipinski definition) is 3. The highest BCUT2D eigenvalue weighted by molar-refractivity contribution is 6.32. The topological polar surface area (TPSA) is 50.4 Å². The first kappa shape index (κ1) is 19.1. The fourth-order valence-electron chi connectivity index (χ4n) is 2.50. The van der Waals surface area contributed by atoms with Crippen LogP contribution < -0.4 is 15.4 Å². The van der Waals surface area contributed by atoms with Crippen molar-refractivity contribution in [3.63, 3.8) is 0 Å². The van der Waals surface area contributed by atoms with Gasteiger partial charge in [-0.15, -0.1) is 12.4 Å². The van der Waals surface area contributed by atoms with E-state index in [1.54, 1.807) is 6.07 Å². The monoisotopic (exact) mass is 346 g/mol. The van der Waals surface area contributed by atoms with E-state index in [1.165, 1.54) is 0 Å². The Morgan fingerprint density at radius 2 is 2.23 bits per heavy atom. The van der Waals surface area contributed by atoms with Gasteiger partial charge in [-0.3, -0.25) is 4.79 Å². The summed E-state index contributed by atoms with van der Waals surface area (Å²) in [6.45, 7) is 3.65. The van der Waals surface area contributed by atoms with Crippen LogP contribution in [0, 0.1) is 0 Å². The number of piperidine rings is 1. The molecule has 6 heteroatoms. The summed E-state index contributed by atoms with van der Waals surface area (Å²) in [5.74, 6) is 0.767. The summed E-state index contributed by atoms with van der Waals surface area (Å²) in [7, 11) is 0. The lowest BCUT2D eigenvalue weighted by Crippen LogP contribution is -2.51. The molecule has 1 aliphatic heterocycles. The van der Waals surface area contributed by atoms with E-state index in [0.717, 1.165) is 19.4 Å². The second kappa shape index (κ2) is 9.93. The van der Waals surface area contributed by atoms with Crippen LogP contribution in [0.3, 0.4) is 0 Å². The molecule has 1 aromatic rings. The molecule has 0 radical (unpaired) electrons. The molecule has 1 heterocycles. The molecule has 2 N–H and O–H groups in total. The maximum absolute atomic E-state index is 11.9. The van der Waals surface area contributed by atoms with Crippen molar-refractivity contribution in [1.82, 2.24) is 10.6 Å². The van der Waals surface area contributed by atoms with Crippen molar-refractivity contribution < 1.29 is 9.53 Å². The van der Waals surface area contributed by atoms with E-state index in [2.05, 4.69) is 17.6 Å². The highest BCUT2D eigenvalue weighted by Crippen LogP contribution is 2.23. The normalized spacial score (nSPS) is 20.8. The number of halogens is 2. The zero-order chi connectivity index (χ0) is 15.1. The maximum atomic E-state index is 11.9. The lowest BCUT2D eigenvalue weighted by Gasteiger charge is -2.30. The van der Waals surface area contributed by atoms with E-state index in [0.29, 0.717) is 36.3 Å². The number of ether oxygens (including phenoxy) is 1. The Kier molecular flexibility index (Phi) is 8.61. The average molecular weight is 347 g/mol. The van der Waals surface area contributed by atoms with Crippen LogP contribution in [-0.4, -0.2) is 31.1 Å². The summed E-state index contributed by atoms with van der Waals surface area (Å²) in [5, 5.41) is 7.07. The standard InChI is InChI=1S/C16H23ClN2O2.ClH/c1-12-14(7-4-10-18-12)19-16(20)9-5-11-21-15-8-3-2-6-13(15)17;/h2-3,6,8,12,14,18H,4-5,7,9-11H2,1H3,(H,19,20);1H. The lowest BCUT2D eigenvalue weighted by molar-refractivity contribution is -0.122. The molecule has 124 valence electrons. The van der Waals surface area contributed by atoms with Crippen molar-refractivity contribution in [3.8, 4) is 5.75 Å². The van der Waals surface area contributed by atoms with Gasteiger partial charge in [0, 0.05) is 18.5 Å². The van der Waals surface area contributed by atoms with Gasteiger partial charge in [0.05, 0.1) is 11.6 Å². The first-order valence-corrected chi connectivity index (χ1v) is 7.94. The Morgan fingerprint density at radius 3 is 2.95 bits per heavy atom. The van der Waals surface area contributed by atoms with Gasteiger partial charge in [-0.2, -0.15) is 0 Å². The van der Waals surface area contributed by atoms with Crippen molar-refractivity contribution in [1.29, 1.82) is 0 Å². The molecule has 22 heavy (non-hydrogen) atoms. The molecule has 0 spiro atoms. The summed E-state index contributed by atoms with van der Waals surface area (Å²) in [6, 6.07) is 7.96. The van der Waals surface area contributed by atoms with Gasteiger partial charge in [-0.1, -0.05) is 23.7 Å². The van der Waals surface area contributed by atoms with Crippen molar-refractivity contribution in [3.05, 3.63) is 29.3 Å². The van der Waals surface area contributed by atoms with Crippen LogP contribution in [0.4, 0.5) is 0 Å². The molecular formula is C16H24Cl2N2O2. The number of amides is 1. The molecule has 2 unspecified atom stereocenters. The summed E-state index contributed by atoms with van der Waals surface area (Å²) in [5.41, 5.74) is 0. The third-order valence-corrected chi connectivity index (χ3v) is 4.06. The minimum absolute atomic E-state index is 0. The summed E-state index contributed by atoms with van der Waals surface area (Å²) in [6.07, 6.45) is 3.33. The third-order valence-electron chi connectivity index (χ3n) is 3.75. The number of nitrogens with one attached hydrogen (secondary N) is 2. The quantitative estimate of drug-likeness (QED) is 0.777. The second-order valence-corrected chi connectivity index (χ2v) is 5.85. The molecule has 4 nitrogen and oxygen atoms in total. The number of hydrogen-bond donors (Lipinski definition) is 2. The molecule has 2 rings (SSSR count). The Labute approximate surface area is 143 Å². The van der Waals surface area contributed by atoms with E-state index < -0.39 is 0 Å². The largest absolute Gasteiger partial charge is 0.492 e. The van der Waals surface area contributed by atoms with Gasteiger partial charge in [-0.05, 0) is 44.9 Å². The van der Waals surface area contributed by atoms with Gasteiger partial charge in [0.2, 0.25) is 5.91 Å². The maximum Gasteiger partial charge on any atom is 0.220 e. The number of benzene rings is 1. The lowest BCUT2D eigenvalue weighted by atomic mass is 10.00. The van der Waals surface area contributed by atoms with Gasteiger partial charge in [0.1, 0.15) is 5.75 Å². The molecule has 0 aromatic heterocycles. The van der Waals surface area contributed by atoms with Gasteiger partial charge in [0.15, 0.2) is 0 Å². The Balaban J connectivity index is 0.00000242. The number of carbonyl (C=O) groups is 1. The minimum atomic E-state index is 0. The molecular weight excluding hydrogens is 323 g/mol. The zero-order valence-corrected chi connectivity index (χ0v) is 14.4. The molecule has 1 aliphatic rings. The molecule has 0 bridgehead atoms. The fourth-order valence-corrected chi connectivity index (χ4v) is 2.69. The Morgan fingerprint density at radius 1 is 1.45 bits per heavy atom. The molecule has 1 saturated heterocycles. The summed E-state index contributed by atoms with van der Waals surface area (Å²) >= 11 is 6.00. The van der Waals surface area contributed by atoms with E-state index in [9.17, 15) is 4.79 Å². The molecule has 1 amide bonds. The molecule has 1 fully saturated rings. The van der Waals surface area contributed by atoms with Crippen LogP contribution in [0.2, 0.25) is 5.02 Å². The van der Waals surface area contributed by atoms with E-state index in [-0.39, 0.29) is 24.4 Å². The number of rotatable bonds is 6. The van der Waals surface area contributed by atoms with Crippen LogP contribution in [0.1, 0.15) is 32.6 Å². The first-order chi connectivity index (χ1) is 10.2. The first-order valence-electron chi connectivity index (χ1n) is 7.57. The van der Waals surface area contributed by atoms with Crippen LogP contribution in [0.15, 0.2) is 24.3 Å². The molecule has 2 atom stereocenters. The van der Waals surface area contributed by atoms with Crippen molar-refractivity contribution in [2.75, 3.05) is 13.2 Å². The van der Waals surface area contributed by atoms with E-state index in [1.807, 2.05) is 18.2 Å². The second-order valence-electron chi connectivity index (χ2n) is 5.44. The highest BCUT2D eigenvalue weighted by Gasteiger charge is 2.21. The molecule has 0 saturated carbocycles. The molecule has 0 aliphatic carbocycles. The minimum Gasteiger partial charge on any atom is -0.492 e. The van der Waals surface area contributed by atoms with Gasteiger partial charge in [-0.25, -0.2) is 0 Å². The fraction of sp³-hybridized carbons (Fsp3) is 0.562. The number of carbonyl (C=O) groups excluding carboxylic acids is 1. The predicted molar refractivity (Wildman–Crippen MR) is 92.1 cm³/mol.